The average Bonchev–Trinajstić information content (AvgIpc) is 2.60. The molecule has 3 N–H and O–H groups in total. The van der Waals surface area contributed by atoms with Gasteiger partial charge in [0.1, 0.15) is 0 Å². The molecule has 0 aliphatic carbocycles. The molecular weight excluding hydrogens is 308 g/mol. The molecule has 3 aromatic carbocycles. The Kier molecular flexibility index (Phi) is 4.43. The lowest BCUT2D eigenvalue weighted by atomic mass is 10.1. The van der Waals surface area contributed by atoms with Crippen LogP contribution in [0.4, 0.5) is 0 Å². The zero-order valence-electron chi connectivity index (χ0n) is 12.6. The summed E-state index contributed by atoms with van der Waals surface area (Å²) in [5.74, 6) is 0. The van der Waals surface area contributed by atoms with Gasteiger partial charge in [-0.1, -0.05) is 60.7 Å². The summed E-state index contributed by atoms with van der Waals surface area (Å²) in [6.07, 6.45) is 0. The second-order valence-electron chi connectivity index (χ2n) is 5.32. The van der Waals surface area contributed by atoms with Crippen molar-refractivity contribution in [1.29, 1.82) is 0 Å². The molecule has 0 aliphatic rings. The Balaban J connectivity index is 1.85. The largest absolute Gasteiger partial charge is 0.326 e. The molecule has 0 spiro atoms. The number of nitrogens with one attached hydrogen (secondary N) is 1. The maximum atomic E-state index is 12.6. The maximum Gasteiger partial charge on any atom is 0.241 e. The second kappa shape index (κ2) is 6.50. The third-order valence-corrected chi connectivity index (χ3v) is 5.22. The molecular formula is C18H18N2O2S. The van der Waals surface area contributed by atoms with Crippen molar-refractivity contribution in [2.45, 2.75) is 18.0 Å². The minimum atomic E-state index is -3.58. The van der Waals surface area contributed by atoms with E-state index in [9.17, 15) is 8.42 Å². The normalized spacial score (nSPS) is 11.7. The number of nitrogens with two attached hydrogens (primary N) is 1. The molecule has 0 bridgehead atoms. The highest BCUT2D eigenvalue weighted by Crippen LogP contribution is 2.22. The fraction of sp³-hybridized carbons (Fsp3) is 0.111. The van der Waals surface area contributed by atoms with Gasteiger partial charge in [-0.25, -0.2) is 13.1 Å². The van der Waals surface area contributed by atoms with Gasteiger partial charge in [0, 0.05) is 18.5 Å². The minimum absolute atomic E-state index is 0.246. The van der Waals surface area contributed by atoms with E-state index in [-0.39, 0.29) is 6.54 Å². The number of hydrogen-bond donors (Lipinski definition) is 2. The highest BCUT2D eigenvalue weighted by atomic mass is 32.2. The van der Waals surface area contributed by atoms with E-state index in [2.05, 4.69) is 4.72 Å². The monoisotopic (exact) mass is 326 g/mol. The molecule has 0 radical (unpaired) electrons. The van der Waals surface area contributed by atoms with Crippen LogP contribution in [0.15, 0.2) is 71.6 Å². The van der Waals surface area contributed by atoms with Crippen LogP contribution in [0.5, 0.6) is 0 Å². The van der Waals surface area contributed by atoms with Gasteiger partial charge in [-0.15, -0.1) is 0 Å². The molecule has 3 aromatic rings. The van der Waals surface area contributed by atoms with Crippen LogP contribution in [0, 0.1) is 0 Å². The van der Waals surface area contributed by atoms with E-state index in [1.807, 2.05) is 54.6 Å². The average molecular weight is 326 g/mol. The molecule has 23 heavy (non-hydrogen) atoms. The standard InChI is InChI=1S/C18H18N2O2S/c19-12-14-8-10-15(11-9-14)13-20-23(21,22)18-7-3-5-16-4-1-2-6-17(16)18/h1-11,20H,12-13,19H2. The fourth-order valence-corrected chi connectivity index (χ4v) is 3.72. The zero-order chi connectivity index (χ0) is 16.3. The molecule has 0 saturated heterocycles. The van der Waals surface area contributed by atoms with E-state index in [1.165, 1.54) is 0 Å². The van der Waals surface area contributed by atoms with Crippen LogP contribution in [0.1, 0.15) is 11.1 Å². The highest BCUT2D eigenvalue weighted by molar-refractivity contribution is 7.89. The van der Waals surface area contributed by atoms with E-state index in [0.29, 0.717) is 11.4 Å². The Morgan fingerprint density at radius 1 is 0.826 bits per heavy atom. The number of rotatable bonds is 5. The lowest BCUT2D eigenvalue weighted by Crippen LogP contribution is -2.23. The van der Waals surface area contributed by atoms with Crippen molar-refractivity contribution in [1.82, 2.24) is 4.72 Å². The van der Waals surface area contributed by atoms with Crippen molar-refractivity contribution < 1.29 is 8.42 Å². The summed E-state index contributed by atoms with van der Waals surface area (Å²) in [5, 5.41) is 1.63. The van der Waals surface area contributed by atoms with Gasteiger partial charge in [-0.2, -0.15) is 0 Å². The molecule has 0 unspecified atom stereocenters. The fourth-order valence-electron chi connectivity index (χ4n) is 2.48. The molecule has 0 heterocycles. The van der Waals surface area contributed by atoms with Crippen molar-refractivity contribution in [3.8, 4) is 0 Å². The quantitative estimate of drug-likeness (QED) is 0.757. The summed E-state index contributed by atoms with van der Waals surface area (Å²) < 4.78 is 27.9. The van der Waals surface area contributed by atoms with Crippen LogP contribution in [0.25, 0.3) is 10.8 Å². The highest BCUT2D eigenvalue weighted by Gasteiger charge is 2.16. The Labute approximate surface area is 136 Å². The first-order valence-corrected chi connectivity index (χ1v) is 8.84. The van der Waals surface area contributed by atoms with Crippen LogP contribution >= 0.6 is 0 Å². The van der Waals surface area contributed by atoms with Gasteiger partial charge >= 0.3 is 0 Å². The van der Waals surface area contributed by atoms with Gasteiger partial charge in [-0.3, -0.25) is 0 Å². The number of hydrogen-bond acceptors (Lipinski definition) is 3. The van der Waals surface area contributed by atoms with Gasteiger partial charge in [0.25, 0.3) is 0 Å². The van der Waals surface area contributed by atoms with E-state index in [4.69, 9.17) is 5.73 Å². The Hall–Kier alpha value is -2.21. The predicted molar refractivity (Wildman–Crippen MR) is 92.3 cm³/mol. The molecule has 0 atom stereocenters. The van der Waals surface area contributed by atoms with Crippen LogP contribution in [-0.4, -0.2) is 8.42 Å². The predicted octanol–water partition coefficient (Wildman–Crippen LogP) is 2.78. The SMILES string of the molecule is NCc1ccc(CNS(=O)(=O)c2cccc3ccccc23)cc1. The van der Waals surface area contributed by atoms with Crippen molar-refractivity contribution >= 4 is 20.8 Å². The molecule has 5 heteroatoms. The summed E-state index contributed by atoms with van der Waals surface area (Å²) in [7, 11) is -3.58. The van der Waals surface area contributed by atoms with Crippen LogP contribution in [0.3, 0.4) is 0 Å². The summed E-state index contributed by atoms with van der Waals surface area (Å²) in [4.78, 5) is 0.300. The first-order valence-electron chi connectivity index (χ1n) is 7.35. The van der Waals surface area contributed by atoms with Gasteiger partial charge in [0.05, 0.1) is 4.90 Å². The Morgan fingerprint density at radius 3 is 2.22 bits per heavy atom. The first-order chi connectivity index (χ1) is 11.1. The molecule has 0 aromatic heterocycles. The van der Waals surface area contributed by atoms with Gasteiger partial charge < -0.3 is 5.73 Å². The second-order valence-corrected chi connectivity index (χ2v) is 7.06. The third kappa shape index (κ3) is 3.42. The molecule has 0 aliphatic heterocycles. The molecule has 0 saturated carbocycles. The van der Waals surface area contributed by atoms with E-state index < -0.39 is 10.0 Å². The van der Waals surface area contributed by atoms with Crippen molar-refractivity contribution in [3.63, 3.8) is 0 Å². The molecule has 3 rings (SSSR count). The van der Waals surface area contributed by atoms with E-state index >= 15 is 0 Å². The van der Waals surface area contributed by atoms with Crippen molar-refractivity contribution in [2.24, 2.45) is 5.73 Å². The number of benzene rings is 3. The minimum Gasteiger partial charge on any atom is -0.326 e. The number of sulfonamides is 1. The van der Waals surface area contributed by atoms with E-state index in [0.717, 1.165) is 21.9 Å². The molecule has 0 amide bonds. The van der Waals surface area contributed by atoms with Crippen molar-refractivity contribution in [3.05, 3.63) is 77.9 Å². The van der Waals surface area contributed by atoms with Gasteiger partial charge in [0.2, 0.25) is 10.0 Å². The van der Waals surface area contributed by atoms with Gasteiger partial charge in [0.15, 0.2) is 0 Å². The summed E-state index contributed by atoms with van der Waals surface area (Å²) in [6.45, 7) is 0.721. The zero-order valence-corrected chi connectivity index (χ0v) is 13.4. The van der Waals surface area contributed by atoms with E-state index in [1.54, 1.807) is 12.1 Å². The summed E-state index contributed by atoms with van der Waals surface area (Å²) in [6, 6.07) is 20.3. The molecule has 118 valence electrons. The maximum absolute atomic E-state index is 12.6. The smallest absolute Gasteiger partial charge is 0.241 e. The molecule has 4 nitrogen and oxygen atoms in total. The van der Waals surface area contributed by atoms with Crippen molar-refractivity contribution in [2.75, 3.05) is 0 Å². The first kappa shape index (κ1) is 15.7. The summed E-state index contributed by atoms with van der Waals surface area (Å²) >= 11 is 0. The Bertz CT molecular complexity index is 914. The number of fused-ring (bicyclic) bond motifs is 1. The Morgan fingerprint density at radius 2 is 1.48 bits per heavy atom. The van der Waals surface area contributed by atoms with Crippen LogP contribution in [-0.2, 0) is 23.1 Å². The summed E-state index contributed by atoms with van der Waals surface area (Å²) in [5.41, 5.74) is 7.47. The lowest BCUT2D eigenvalue weighted by molar-refractivity contribution is 0.582. The molecule has 0 fully saturated rings. The van der Waals surface area contributed by atoms with Gasteiger partial charge in [-0.05, 0) is 22.6 Å². The lowest BCUT2D eigenvalue weighted by Gasteiger charge is -2.10. The third-order valence-electron chi connectivity index (χ3n) is 3.76. The van der Waals surface area contributed by atoms with Crippen LogP contribution in [0.2, 0.25) is 0 Å². The van der Waals surface area contributed by atoms with Crippen LogP contribution < -0.4 is 10.5 Å². The topological polar surface area (TPSA) is 72.2 Å².